The maximum absolute atomic E-state index is 5.68. The molecule has 0 spiro atoms. The zero-order valence-corrected chi connectivity index (χ0v) is 10.3. The zero-order valence-electron chi connectivity index (χ0n) is 10.3. The standard InChI is InChI=1S/C13H16N4O/c1-2-18-13-9-15-8-12(17-13)16-11-6-4-3-5-10(11)7-14/h3-6,8-9H,2,7,14H2,1H3,(H,16,17). The average Bonchev–Trinajstić information content (AvgIpc) is 2.40. The Hall–Kier alpha value is -2.14. The fourth-order valence-electron chi connectivity index (χ4n) is 1.58. The van der Waals surface area contributed by atoms with Crippen molar-refractivity contribution in [2.75, 3.05) is 11.9 Å². The summed E-state index contributed by atoms with van der Waals surface area (Å²) in [5, 5.41) is 3.19. The third-order valence-electron chi connectivity index (χ3n) is 2.40. The van der Waals surface area contributed by atoms with Crippen LogP contribution in [0.4, 0.5) is 11.5 Å². The molecule has 94 valence electrons. The first kappa shape index (κ1) is 12.3. The number of anilines is 2. The molecule has 5 heteroatoms. The minimum Gasteiger partial charge on any atom is -0.477 e. The van der Waals surface area contributed by atoms with Crippen molar-refractivity contribution in [2.45, 2.75) is 13.5 Å². The molecule has 1 heterocycles. The lowest BCUT2D eigenvalue weighted by molar-refractivity contribution is 0.326. The molecule has 1 aromatic heterocycles. The molecule has 0 atom stereocenters. The normalized spacial score (nSPS) is 10.1. The molecular weight excluding hydrogens is 228 g/mol. The summed E-state index contributed by atoms with van der Waals surface area (Å²) in [6, 6.07) is 7.83. The van der Waals surface area contributed by atoms with Crippen molar-refractivity contribution in [3.05, 3.63) is 42.2 Å². The molecule has 0 saturated heterocycles. The van der Waals surface area contributed by atoms with Gasteiger partial charge >= 0.3 is 0 Å². The summed E-state index contributed by atoms with van der Waals surface area (Å²) in [6.45, 7) is 2.95. The molecule has 18 heavy (non-hydrogen) atoms. The summed E-state index contributed by atoms with van der Waals surface area (Å²) in [5.74, 6) is 1.15. The van der Waals surface area contributed by atoms with E-state index in [4.69, 9.17) is 10.5 Å². The number of aromatic nitrogens is 2. The highest BCUT2D eigenvalue weighted by Gasteiger charge is 2.03. The van der Waals surface area contributed by atoms with Crippen molar-refractivity contribution in [3.8, 4) is 5.88 Å². The van der Waals surface area contributed by atoms with Crippen LogP contribution in [0.3, 0.4) is 0 Å². The molecule has 3 N–H and O–H groups in total. The number of nitrogens with two attached hydrogens (primary N) is 1. The van der Waals surface area contributed by atoms with Gasteiger partial charge in [-0.1, -0.05) is 18.2 Å². The number of nitrogens with one attached hydrogen (secondary N) is 1. The second-order valence-electron chi connectivity index (χ2n) is 3.66. The number of hydrogen-bond donors (Lipinski definition) is 2. The Labute approximate surface area is 106 Å². The lowest BCUT2D eigenvalue weighted by Crippen LogP contribution is -2.03. The number of benzene rings is 1. The molecule has 0 bridgehead atoms. The van der Waals surface area contributed by atoms with Crippen molar-refractivity contribution in [3.63, 3.8) is 0 Å². The Kier molecular flexibility index (Phi) is 4.09. The van der Waals surface area contributed by atoms with Crippen LogP contribution < -0.4 is 15.8 Å². The predicted molar refractivity (Wildman–Crippen MR) is 70.8 cm³/mol. The lowest BCUT2D eigenvalue weighted by atomic mass is 10.2. The molecule has 0 saturated carbocycles. The molecule has 0 aliphatic heterocycles. The SMILES string of the molecule is CCOc1cncc(Nc2ccccc2CN)n1. The quantitative estimate of drug-likeness (QED) is 0.842. The van der Waals surface area contributed by atoms with E-state index >= 15 is 0 Å². The highest BCUT2D eigenvalue weighted by Crippen LogP contribution is 2.19. The number of nitrogens with zero attached hydrogens (tertiary/aromatic N) is 2. The van der Waals surface area contributed by atoms with Crippen LogP contribution in [0.25, 0.3) is 0 Å². The van der Waals surface area contributed by atoms with Gasteiger partial charge in [0.05, 0.1) is 19.0 Å². The number of para-hydroxylation sites is 1. The van der Waals surface area contributed by atoms with Gasteiger partial charge < -0.3 is 15.8 Å². The van der Waals surface area contributed by atoms with Crippen LogP contribution in [0.2, 0.25) is 0 Å². The maximum atomic E-state index is 5.68. The number of hydrogen-bond acceptors (Lipinski definition) is 5. The number of ether oxygens (including phenoxy) is 1. The van der Waals surface area contributed by atoms with Gasteiger partial charge in [0.1, 0.15) is 0 Å². The molecule has 5 nitrogen and oxygen atoms in total. The van der Waals surface area contributed by atoms with E-state index in [0.29, 0.717) is 24.8 Å². The van der Waals surface area contributed by atoms with Crippen molar-refractivity contribution in [1.82, 2.24) is 9.97 Å². The minimum absolute atomic E-state index is 0.474. The van der Waals surface area contributed by atoms with Gasteiger partial charge in [-0.2, -0.15) is 4.98 Å². The van der Waals surface area contributed by atoms with Crippen LogP contribution in [0, 0.1) is 0 Å². The van der Waals surface area contributed by atoms with E-state index in [-0.39, 0.29) is 0 Å². The summed E-state index contributed by atoms with van der Waals surface area (Å²) in [4.78, 5) is 8.37. The molecule has 0 fully saturated rings. The largest absolute Gasteiger partial charge is 0.477 e. The highest BCUT2D eigenvalue weighted by atomic mass is 16.5. The van der Waals surface area contributed by atoms with Gasteiger partial charge in [0.25, 0.3) is 0 Å². The van der Waals surface area contributed by atoms with Crippen molar-refractivity contribution in [2.24, 2.45) is 5.73 Å². The Morgan fingerprint density at radius 1 is 1.28 bits per heavy atom. The summed E-state index contributed by atoms with van der Waals surface area (Å²) in [6.07, 6.45) is 3.24. The van der Waals surface area contributed by atoms with Gasteiger partial charge in [-0.15, -0.1) is 0 Å². The van der Waals surface area contributed by atoms with Gasteiger partial charge in [-0.3, -0.25) is 4.98 Å². The van der Waals surface area contributed by atoms with Crippen LogP contribution in [-0.4, -0.2) is 16.6 Å². The van der Waals surface area contributed by atoms with Crippen LogP contribution in [-0.2, 0) is 6.54 Å². The van der Waals surface area contributed by atoms with Crippen molar-refractivity contribution < 1.29 is 4.74 Å². The van der Waals surface area contributed by atoms with Crippen LogP contribution >= 0.6 is 0 Å². The molecule has 0 amide bonds. The van der Waals surface area contributed by atoms with E-state index in [0.717, 1.165) is 11.3 Å². The highest BCUT2D eigenvalue weighted by molar-refractivity contribution is 5.60. The van der Waals surface area contributed by atoms with Gasteiger partial charge in [0, 0.05) is 12.2 Å². The molecular formula is C13H16N4O. The van der Waals surface area contributed by atoms with Crippen molar-refractivity contribution >= 4 is 11.5 Å². The van der Waals surface area contributed by atoms with E-state index in [9.17, 15) is 0 Å². The Balaban J connectivity index is 2.20. The Morgan fingerprint density at radius 2 is 2.11 bits per heavy atom. The smallest absolute Gasteiger partial charge is 0.234 e. The van der Waals surface area contributed by atoms with E-state index in [1.54, 1.807) is 12.4 Å². The van der Waals surface area contributed by atoms with Gasteiger partial charge in [0.15, 0.2) is 5.82 Å². The third-order valence-corrected chi connectivity index (χ3v) is 2.40. The fourth-order valence-corrected chi connectivity index (χ4v) is 1.58. The first-order chi connectivity index (χ1) is 8.83. The fraction of sp³-hybridized carbons (Fsp3) is 0.231. The zero-order chi connectivity index (χ0) is 12.8. The third kappa shape index (κ3) is 2.95. The molecule has 0 unspecified atom stereocenters. The van der Waals surface area contributed by atoms with Gasteiger partial charge in [0.2, 0.25) is 5.88 Å². The molecule has 0 aliphatic carbocycles. The second-order valence-corrected chi connectivity index (χ2v) is 3.66. The first-order valence-electron chi connectivity index (χ1n) is 5.83. The summed E-state index contributed by atoms with van der Waals surface area (Å²) in [7, 11) is 0. The summed E-state index contributed by atoms with van der Waals surface area (Å²) < 4.78 is 5.30. The average molecular weight is 244 g/mol. The molecule has 2 rings (SSSR count). The van der Waals surface area contributed by atoms with E-state index in [2.05, 4.69) is 15.3 Å². The van der Waals surface area contributed by atoms with Crippen LogP contribution in [0.5, 0.6) is 5.88 Å². The second kappa shape index (κ2) is 5.97. The summed E-state index contributed by atoms with van der Waals surface area (Å²) >= 11 is 0. The van der Waals surface area contributed by atoms with E-state index < -0.39 is 0 Å². The molecule has 0 radical (unpaired) electrons. The molecule has 0 aliphatic rings. The van der Waals surface area contributed by atoms with Gasteiger partial charge in [-0.25, -0.2) is 0 Å². The van der Waals surface area contributed by atoms with Crippen molar-refractivity contribution in [1.29, 1.82) is 0 Å². The molecule has 1 aromatic carbocycles. The predicted octanol–water partition coefficient (Wildman–Crippen LogP) is 2.08. The van der Waals surface area contributed by atoms with Crippen LogP contribution in [0.15, 0.2) is 36.7 Å². The van der Waals surface area contributed by atoms with E-state index in [1.807, 2.05) is 31.2 Å². The Bertz CT molecular complexity index is 516. The molecule has 2 aromatic rings. The topological polar surface area (TPSA) is 73.1 Å². The summed E-state index contributed by atoms with van der Waals surface area (Å²) in [5.41, 5.74) is 7.64. The van der Waals surface area contributed by atoms with Gasteiger partial charge in [-0.05, 0) is 18.6 Å². The van der Waals surface area contributed by atoms with E-state index in [1.165, 1.54) is 0 Å². The lowest BCUT2D eigenvalue weighted by Gasteiger charge is -2.10. The van der Waals surface area contributed by atoms with Crippen LogP contribution in [0.1, 0.15) is 12.5 Å². The first-order valence-corrected chi connectivity index (χ1v) is 5.83. The number of rotatable bonds is 5. The Morgan fingerprint density at radius 3 is 2.89 bits per heavy atom. The monoisotopic (exact) mass is 244 g/mol. The maximum Gasteiger partial charge on any atom is 0.234 e. The minimum atomic E-state index is 0.474.